The quantitative estimate of drug-likeness (QED) is 0.393. The lowest BCUT2D eigenvalue weighted by molar-refractivity contribution is -0.190. The number of rotatable bonds is 5. The summed E-state index contributed by atoms with van der Waals surface area (Å²) in [5, 5.41) is 0. The van der Waals surface area contributed by atoms with E-state index in [0.29, 0.717) is 11.1 Å². The molecule has 0 heterocycles. The summed E-state index contributed by atoms with van der Waals surface area (Å²) in [4.78, 5) is 26.7. The fourth-order valence-corrected chi connectivity index (χ4v) is 6.20. The molecule has 176 valence electrons. The molecule has 5 heteroatoms. The molecule has 0 amide bonds. The first-order valence-corrected chi connectivity index (χ1v) is 12.7. The van der Waals surface area contributed by atoms with Crippen LogP contribution in [0.1, 0.15) is 75.6 Å². The van der Waals surface area contributed by atoms with Crippen molar-refractivity contribution in [3.63, 3.8) is 0 Å². The maximum absolute atomic E-state index is 13.4. The molecule has 0 aromatic heterocycles. The Morgan fingerprint density at radius 3 is 1.73 bits per heavy atom. The lowest BCUT2D eigenvalue weighted by Crippen LogP contribution is -2.63. The van der Waals surface area contributed by atoms with Gasteiger partial charge in [0, 0.05) is 10.8 Å². The van der Waals surface area contributed by atoms with Crippen molar-refractivity contribution in [2.24, 2.45) is 10.8 Å². The van der Waals surface area contributed by atoms with E-state index in [1.165, 1.54) is 0 Å². The smallest absolute Gasteiger partial charge is 0.338 e. The van der Waals surface area contributed by atoms with Gasteiger partial charge in [-0.05, 0) is 82.8 Å². The van der Waals surface area contributed by atoms with Gasteiger partial charge in [-0.1, -0.05) is 42.3 Å². The van der Waals surface area contributed by atoms with Gasteiger partial charge >= 0.3 is 11.9 Å². The van der Waals surface area contributed by atoms with Crippen molar-refractivity contribution in [1.82, 2.24) is 0 Å². The van der Waals surface area contributed by atoms with Gasteiger partial charge in [-0.15, -0.1) is 9.24 Å². The first-order valence-electron chi connectivity index (χ1n) is 11.9. The fourth-order valence-electron chi connectivity index (χ4n) is 5.55. The Bertz CT molecular complexity index is 1080. The summed E-state index contributed by atoms with van der Waals surface area (Å²) in [6.45, 7) is 9.97. The van der Waals surface area contributed by atoms with E-state index in [1.807, 2.05) is 64.1 Å². The molecule has 3 aliphatic carbocycles. The molecule has 3 saturated carbocycles. The van der Waals surface area contributed by atoms with Crippen LogP contribution >= 0.6 is 9.24 Å². The van der Waals surface area contributed by atoms with Gasteiger partial charge in [0.1, 0.15) is 12.2 Å². The normalized spacial score (nSPS) is 28.4. The average Bonchev–Trinajstić information content (AvgIpc) is 2.79. The molecule has 33 heavy (non-hydrogen) atoms. The average molecular weight is 467 g/mol. The van der Waals surface area contributed by atoms with Crippen LogP contribution in [0.4, 0.5) is 0 Å². The van der Waals surface area contributed by atoms with Gasteiger partial charge in [-0.3, -0.25) is 0 Å². The van der Waals surface area contributed by atoms with Crippen molar-refractivity contribution < 1.29 is 19.1 Å². The number of carbonyl (C=O) groups is 2. The van der Waals surface area contributed by atoms with Gasteiger partial charge in [-0.2, -0.15) is 0 Å². The Labute approximate surface area is 199 Å². The Kier molecular flexibility index (Phi) is 6.44. The Balaban J connectivity index is 1.68. The molecule has 4 nitrogen and oxygen atoms in total. The maximum Gasteiger partial charge on any atom is 0.338 e. The molecule has 2 aromatic rings. The Morgan fingerprint density at radius 2 is 1.27 bits per heavy atom. The third-order valence-corrected chi connectivity index (χ3v) is 8.87. The van der Waals surface area contributed by atoms with Crippen molar-refractivity contribution in [2.45, 2.75) is 72.5 Å². The van der Waals surface area contributed by atoms with Gasteiger partial charge in [-0.25, -0.2) is 9.59 Å². The van der Waals surface area contributed by atoms with Crippen molar-refractivity contribution in [1.29, 1.82) is 0 Å². The van der Waals surface area contributed by atoms with E-state index in [2.05, 4.69) is 16.2 Å². The van der Waals surface area contributed by atoms with Crippen LogP contribution in [0.3, 0.4) is 0 Å². The van der Waals surface area contributed by atoms with Gasteiger partial charge in [0.15, 0.2) is 0 Å². The van der Waals surface area contributed by atoms with Crippen molar-refractivity contribution in [2.75, 3.05) is 6.16 Å². The molecule has 0 radical (unpaired) electrons. The molecule has 3 fully saturated rings. The van der Waals surface area contributed by atoms with Gasteiger partial charge in [0.25, 0.3) is 0 Å². The van der Waals surface area contributed by atoms with E-state index in [4.69, 9.17) is 9.47 Å². The molecular weight excluding hydrogens is 431 g/mol. The van der Waals surface area contributed by atoms with Gasteiger partial charge in [0.2, 0.25) is 0 Å². The number of fused-ring (bicyclic) bond motifs is 3. The van der Waals surface area contributed by atoms with Gasteiger partial charge < -0.3 is 9.47 Å². The zero-order valence-electron chi connectivity index (χ0n) is 20.4. The van der Waals surface area contributed by atoms with E-state index < -0.39 is 12.2 Å². The van der Waals surface area contributed by atoms with Gasteiger partial charge in [0.05, 0.1) is 11.1 Å². The molecule has 0 aliphatic heterocycles. The second-order valence-electron chi connectivity index (χ2n) is 10.5. The van der Waals surface area contributed by atoms with E-state index in [9.17, 15) is 9.59 Å². The molecule has 2 bridgehead atoms. The van der Waals surface area contributed by atoms with Crippen molar-refractivity contribution in [3.8, 4) is 0 Å². The molecule has 3 aliphatic rings. The standard InChI is InChI=1S/C28H35O4P/c1-17-6-8-19(3)21(14-17)25(29)31-23-24(28(16-33)12-10-27(23,5)11-13-28)32-26(30)22-15-18(2)7-9-20(22)4/h6-9,14-15,23-24H,10-13,16,33H2,1-5H3. The maximum atomic E-state index is 13.4. The van der Waals surface area contributed by atoms with Crippen molar-refractivity contribution in [3.05, 3.63) is 69.8 Å². The number of esters is 2. The highest BCUT2D eigenvalue weighted by molar-refractivity contribution is 7.16. The molecule has 0 spiro atoms. The Hall–Kier alpha value is -2.19. The number of hydrogen-bond donors (Lipinski definition) is 0. The number of aryl methyl sites for hydroxylation is 4. The second-order valence-corrected chi connectivity index (χ2v) is 10.9. The molecule has 3 unspecified atom stereocenters. The van der Waals surface area contributed by atoms with Crippen molar-refractivity contribution >= 4 is 21.2 Å². The number of ether oxygens (including phenoxy) is 2. The topological polar surface area (TPSA) is 52.6 Å². The predicted octanol–water partition coefficient (Wildman–Crippen LogP) is 6.13. The molecule has 0 N–H and O–H groups in total. The van der Waals surface area contributed by atoms with E-state index in [0.717, 1.165) is 54.1 Å². The van der Waals surface area contributed by atoms with Crippen LogP contribution in [0.25, 0.3) is 0 Å². The summed E-state index contributed by atoms with van der Waals surface area (Å²) in [6.07, 6.45) is 3.73. The molecule has 0 saturated heterocycles. The molecule has 5 rings (SSSR count). The van der Waals surface area contributed by atoms with Crippen LogP contribution in [0, 0.1) is 38.5 Å². The summed E-state index contributed by atoms with van der Waals surface area (Å²) < 4.78 is 12.5. The summed E-state index contributed by atoms with van der Waals surface area (Å²) in [5.41, 5.74) is 4.58. The number of hydrogen-bond acceptors (Lipinski definition) is 4. The minimum absolute atomic E-state index is 0.192. The fraction of sp³-hybridized carbons (Fsp3) is 0.500. The van der Waals surface area contributed by atoms with Crippen LogP contribution in [0.5, 0.6) is 0 Å². The lowest BCUT2D eigenvalue weighted by atomic mass is 9.52. The Morgan fingerprint density at radius 1 is 0.818 bits per heavy atom. The minimum atomic E-state index is -0.470. The predicted molar refractivity (Wildman–Crippen MR) is 134 cm³/mol. The third-order valence-electron chi connectivity index (χ3n) is 8.05. The van der Waals surface area contributed by atoms with Crippen LogP contribution < -0.4 is 0 Å². The number of carbonyl (C=O) groups excluding carboxylic acids is 2. The summed E-state index contributed by atoms with van der Waals surface area (Å²) in [7, 11) is 2.85. The summed E-state index contributed by atoms with van der Waals surface area (Å²) in [6, 6.07) is 11.6. The third kappa shape index (κ3) is 4.35. The zero-order valence-corrected chi connectivity index (χ0v) is 21.5. The van der Waals surface area contributed by atoms with E-state index in [1.54, 1.807) is 0 Å². The van der Waals surface area contributed by atoms with Crippen LogP contribution in [-0.2, 0) is 9.47 Å². The highest BCUT2D eigenvalue weighted by Crippen LogP contribution is 2.59. The molecule has 3 atom stereocenters. The lowest BCUT2D eigenvalue weighted by Gasteiger charge is -2.59. The summed E-state index contributed by atoms with van der Waals surface area (Å²) >= 11 is 0. The zero-order chi connectivity index (χ0) is 24.0. The van der Waals surface area contributed by atoms with E-state index >= 15 is 0 Å². The second kappa shape index (κ2) is 8.87. The SMILES string of the molecule is Cc1ccc(C)c(C(=O)OC2C(OC(=O)c3cc(C)ccc3C)C3(CP)CCC2(C)CC3)c1. The minimum Gasteiger partial charge on any atom is -0.454 e. The van der Waals surface area contributed by atoms with E-state index in [-0.39, 0.29) is 22.8 Å². The number of benzene rings is 2. The molecule has 2 aromatic carbocycles. The first kappa shape index (κ1) is 24.0. The highest BCUT2D eigenvalue weighted by atomic mass is 31.0. The monoisotopic (exact) mass is 466 g/mol. The van der Waals surface area contributed by atoms with Crippen LogP contribution in [0.15, 0.2) is 36.4 Å². The molecular formula is C28H35O4P. The van der Waals surface area contributed by atoms with Crippen LogP contribution in [0.2, 0.25) is 0 Å². The highest BCUT2D eigenvalue weighted by Gasteiger charge is 2.61. The largest absolute Gasteiger partial charge is 0.454 e. The first-order chi connectivity index (χ1) is 15.6. The van der Waals surface area contributed by atoms with Crippen LogP contribution in [-0.4, -0.2) is 30.3 Å². The summed E-state index contributed by atoms with van der Waals surface area (Å²) in [5.74, 6) is -0.662.